The van der Waals surface area contributed by atoms with Crippen LogP contribution in [-0.2, 0) is 0 Å². The Kier molecular flexibility index (Phi) is 5.68. The number of nitrogens with one attached hydrogen (secondary N) is 1. The van der Waals surface area contributed by atoms with E-state index in [9.17, 15) is 0 Å². The maximum absolute atomic E-state index is 5.81. The zero-order valence-corrected chi connectivity index (χ0v) is 10.6. The quantitative estimate of drug-likeness (QED) is 0.734. The van der Waals surface area contributed by atoms with E-state index in [-0.39, 0.29) is 12.1 Å². The van der Waals surface area contributed by atoms with Crippen LogP contribution >= 0.6 is 0 Å². The van der Waals surface area contributed by atoms with E-state index in [2.05, 4.69) is 30.1 Å². The summed E-state index contributed by atoms with van der Waals surface area (Å²) in [5.41, 5.74) is 8.13. The monoisotopic (exact) mass is 231 g/mol. The summed E-state index contributed by atoms with van der Waals surface area (Å²) in [5.74, 6) is 2.77. The molecule has 1 heterocycles. The van der Waals surface area contributed by atoms with Crippen molar-refractivity contribution < 1.29 is 0 Å². The summed E-state index contributed by atoms with van der Waals surface area (Å²) in [7, 11) is 0. The molecular weight excluding hydrogens is 210 g/mol. The van der Waals surface area contributed by atoms with Crippen LogP contribution in [0.15, 0.2) is 18.5 Å². The minimum absolute atomic E-state index is 0.0770. The van der Waals surface area contributed by atoms with Crippen molar-refractivity contribution in [1.82, 2.24) is 10.3 Å². The van der Waals surface area contributed by atoms with Crippen molar-refractivity contribution in [2.24, 2.45) is 5.73 Å². The third-order valence-corrected chi connectivity index (χ3v) is 2.87. The lowest BCUT2D eigenvalue weighted by molar-refractivity contribution is 0.473. The molecule has 92 valence electrons. The van der Waals surface area contributed by atoms with Crippen LogP contribution in [0.25, 0.3) is 0 Å². The smallest absolute Gasteiger partial charge is 0.0692 e. The minimum atomic E-state index is 0.0770. The van der Waals surface area contributed by atoms with Crippen LogP contribution in [0.4, 0.5) is 0 Å². The van der Waals surface area contributed by atoms with Gasteiger partial charge in [-0.3, -0.25) is 10.3 Å². The Labute approximate surface area is 104 Å². The molecule has 0 radical (unpaired) electrons. The Balaban J connectivity index is 2.79. The first-order valence-electron chi connectivity index (χ1n) is 6.05. The molecule has 3 nitrogen and oxygen atoms in total. The van der Waals surface area contributed by atoms with Gasteiger partial charge >= 0.3 is 0 Å². The van der Waals surface area contributed by atoms with Gasteiger partial charge in [0.2, 0.25) is 0 Å². The lowest BCUT2D eigenvalue weighted by atomic mass is 10.0. The number of aryl methyl sites for hydroxylation is 1. The van der Waals surface area contributed by atoms with Gasteiger partial charge in [-0.05, 0) is 30.5 Å². The summed E-state index contributed by atoms with van der Waals surface area (Å²) in [6.07, 6.45) is 11.2. The third-order valence-electron chi connectivity index (χ3n) is 2.87. The highest BCUT2D eigenvalue weighted by Crippen LogP contribution is 2.16. The topological polar surface area (TPSA) is 50.9 Å². The summed E-state index contributed by atoms with van der Waals surface area (Å²) >= 11 is 0. The highest BCUT2D eigenvalue weighted by molar-refractivity contribution is 5.26. The standard InChI is InChI=1S/C14H21N3/c1-4-6-12(5-2)17-14(9-15)13-10-16-8-7-11(13)3/h2,7-8,10,12,14,17H,4,6,9,15H2,1,3H3. The number of nitrogens with zero attached hydrogens (tertiary/aromatic N) is 1. The van der Waals surface area contributed by atoms with Gasteiger partial charge in [0, 0.05) is 25.0 Å². The molecular formula is C14H21N3. The molecule has 1 rings (SSSR count). The molecule has 0 spiro atoms. The van der Waals surface area contributed by atoms with Crippen molar-refractivity contribution in [2.45, 2.75) is 38.8 Å². The number of terminal acetylenes is 1. The molecule has 0 fully saturated rings. The largest absolute Gasteiger partial charge is 0.329 e. The van der Waals surface area contributed by atoms with Crippen molar-refractivity contribution in [3.63, 3.8) is 0 Å². The number of hydrogen-bond donors (Lipinski definition) is 2. The zero-order valence-electron chi connectivity index (χ0n) is 10.6. The number of rotatable bonds is 6. The maximum atomic E-state index is 5.81. The van der Waals surface area contributed by atoms with Crippen LogP contribution in [0.1, 0.15) is 36.9 Å². The van der Waals surface area contributed by atoms with E-state index >= 15 is 0 Å². The number of aromatic nitrogens is 1. The van der Waals surface area contributed by atoms with Crippen molar-refractivity contribution in [3.05, 3.63) is 29.6 Å². The van der Waals surface area contributed by atoms with Gasteiger partial charge in [-0.15, -0.1) is 6.42 Å². The zero-order chi connectivity index (χ0) is 12.7. The summed E-state index contributed by atoms with van der Waals surface area (Å²) in [6, 6.07) is 2.15. The Morgan fingerprint density at radius 2 is 2.35 bits per heavy atom. The number of pyridine rings is 1. The lowest BCUT2D eigenvalue weighted by Gasteiger charge is -2.22. The van der Waals surface area contributed by atoms with Crippen molar-refractivity contribution in [3.8, 4) is 12.3 Å². The molecule has 0 saturated carbocycles. The molecule has 0 aliphatic carbocycles. The molecule has 3 N–H and O–H groups in total. The number of hydrogen-bond acceptors (Lipinski definition) is 3. The van der Waals surface area contributed by atoms with E-state index in [0.29, 0.717) is 6.54 Å². The fraction of sp³-hybridized carbons (Fsp3) is 0.500. The summed E-state index contributed by atoms with van der Waals surface area (Å²) < 4.78 is 0. The van der Waals surface area contributed by atoms with E-state index in [1.807, 2.05) is 12.3 Å². The maximum Gasteiger partial charge on any atom is 0.0692 e. The fourth-order valence-electron chi connectivity index (χ4n) is 1.87. The highest BCUT2D eigenvalue weighted by atomic mass is 15.0. The molecule has 0 aliphatic rings. The second kappa shape index (κ2) is 7.05. The van der Waals surface area contributed by atoms with Gasteiger partial charge in [0.05, 0.1) is 6.04 Å². The molecule has 3 heteroatoms. The first-order chi connectivity index (χ1) is 8.22. The van der Waals surface area contributed by atoms with Crippen molar-refractivity contribution in [1.29, 1.82) is 0 Å². The van der Waals surface area contributed by atoms with Crippen molar-refractivity contribution in [2.75, 3.05) is 6.54 Å². The highest BCUT2D eigenvalue weighted by Gasteiger charge is 2.15. The average Bonchev–Trinajstić information content (AvgIpc) is 2.35. The SMILES string of the molecule is C#CC(CCC)NC(CN)c1cnccc1C. The fourth-order valence-corrected chi connectivity index (χ4v) is 1.87. The molecule has 2 unspecified atom stereocenters. The molecule has 17 heavy (non-hydrogen) atoms. The molecule has 0 saturated heterocycles. The number of nitrogens with two attached hydrogens (primary N) is 1. The van der Waals surface area contributed by atoms with Gasteiger partial charge in [-0.25, -0.2) is 0 Å². The van der Waals surface area contributed by atoms with Gasteiger partial charge in [0.1, 0.15) is 0 Å². The van der Waals surface area contributed by atoms with Gasteiger partial charge in [0.15, 0.2) is 0 Å². The molecule has 0 aliphatic heterocycles. The van der Waals surface area contributed by atoms with Crippen LogP contribution < -0.4 is 11.1 Å². The van der Waals surface area contributed by atoms with E-state index in [4.69, 9.17) is 12.2 Å². The first-order valence-corrected chi connectivity index (χ1v) is 6.05. The Bertz CT molecular complexity index is 381. The first kappa shape index (κ1) is 13.7. The summed E-state index contributed by atoms with van der Waals surface area (Å²) in [5, 5.41) is 3.41. The summed E-state index contributed by atoms with van der Waals surface area (Å²) in [4.78, 5) is 4.15. The molecule has 2 atom stereocenters. The van der Waals surface area contributed by atoms with Gasteiger partial charge in [-0.2, -0.15) is 0 Å². The molecule has 0 amide bonds. The molecule has 0 aromatic carbocycles. The van der Waals surface area contributed by atoms with Gasteiger partial charge in [0.25, 0.3) is 0 Å². The van der Waals surface area contributed by atoms with Crippen LogP contribution in [0.5, 0.6) is 0 Å². The third kappa shape index (κ3) is 3.85. The Hall–Kier alpha value is -1.37. The minimum Gasteiger partial charge on any atom is -0.329 e. The predicted molar refractivity (Wildman–Crippen MR) is 71.4 cm³/mol. The van der Waals surface area contributed by atoms with E-state index < -0.39 is 0 Å². The lowest BCUT2D eigenvalue weighted by Crippen LogP contribution is -2.36. The second-order valence-corrected chi connectivity index (χ2v) is 4.20. The molecule has 0 bridgehead atoms. The van der Waals surface area contributed by atoms with Crippen LogP contribution in [0.2, 0.25) is 0 Å². The second-order valence-electron chi connectivity index (χ2n) is 4.20. The Morgan fingerprint density at radius 3 is 2.88 bits per heavy atom. The van der Waals surface area contributed by atoms with Crippen LogP contribution in [0.3, 0.4) is 0 Å². The van der Waals surface area contributed by atoms with E-state index in [0.717, 1.165) is 18.4 Å². The average molecular weight is 231 g/mol. The predicted octanol–water partition coefficient (Wildman–Crippen LogP) is 1.78. The Morgan fingerprint density at radius 1 is 1.59 bits per heavy atom. The van der Waals surface area contributed by atoms with Crippen LogP contribution in [0, 0.1) is 19.3 Å². The van der Waals surface area contributed by atoms with E-state index in [1.165, 1.54) is 5.56 Å². The van der Waals surface area contributed by atoms with Crippen LogP contribution in [-0.4, -0.2) is 17.6 Å². The normalized spacial score (nSPS) is 14.0. The van der Waals surface area contributed by atoms with Crippen molar-refractivity contribution >= 4 is 0 Å². The van der Waals surface area contributed by atoms with Gasteiger partial charge < -0.3 is 5.73 Å². The van der Waals surface area contributed by atoms with Gasteiger partial charge in [-0.1, -0.05) is 19.3 Å². The molecule has 1 aromatic heterocycles. The molecule has 1 aromatic rings. The summed E-state index contributed by atoms with van der Waals surface area (Å²) in [6.45, 7) is 4.71. The van der Waals surface area contributed by atoms with E-state index in [1.54, 1.807) is 6.20 Å².